The number of aryl methyl sites for hydroxylation is 1. The van der Waals surface area contributed by atoms with Gasteiger partial charge < -0.3 is 4.74 Å². The molecule has 0 N–H and O–H groups in total. The lowest BCUT2D eigenvalue weighted by Gasteiger charge is -2.07. The lowest BCUT2D eigenvalue weighted by Crippen LogP contribution is -2.23. The summed E-state index contributed by atoms with van der Waals surface area (Å²) in [5.74, 6) is -0.519. The van der Waals surface area contributed by atoms with Crippen LogP contribution < -0.4 is 0 Å². The number of amides is 1. The summed E-state index contributed by atoms with van der Waals surface area (Å²) in [6, 6.07) is 14.8. The van der Waals surface area contributed by atoms with Gasteiger partial charge in [-0.15, -0.1) is 0 Å². The third-order valence-electron chi connectivity index (χ3n) is 3.87. The molecule has 3 rings (SSSR count). The molecule has 26 heavy (non-hydrogen) atoms. The van der Waals surface area contributed by atoms with E-state index in [1.165, 1.54) is 29.3 Å². The number of thioether (sulfide) groups is 1. The van der Waals surface area contributed by atoms with Crippen LogP contribution in [0.5, 0.6) is 0 Å². The first kappa shape index (κ1) is 17.9. The van der Waals surface area contributed by atoms with E-state index in [0.29, 0.717) is 21.3 Å². The molecule has 0 saturated carbocycles. The normalized spacial score (nSPS) is 17.2. The fourth-order valence-corrected chi connectivity index (χ4v) is 3.38. The zero-order chi connectivity index (χ0) is 18.7. The van der Waals surface area contributed by atoms with E-state index in [9.17, 15) is 9.59 Å². The number of esters is 1. The van der Waals surface area contributed by atoms with Crippen LogP contribution in [0.25, 0.3) is 6.08 Å². The second-order valence-electron chi connectivity index (χ2n) is 5.82. The molecule has 1 saturated heterocycles. The molecule has 1 aliphatic rings. The molecule has 0 unspecified atom stereocenters. The maximum atomic E-state index is 12.5. The molecule has 0 spiro atoms. The Bertz CT molecular complexity index is 917. The number of hydrogen-bond acceptors (Lipinski definition) is 5. The Morgan fingerprint density at radius 3 is 2.62 bits per heavy atom. The van der Waals surface area contributed by atoms with Crippen LogP contribution in [0.15, 0.2) is 58.4 Å². The summed E-state index contributed by atoms with van der Waals surface area (Å²) in [5.41, 5.74) is 3.14. The zero-order valence-corrected chi connectivity index (χ0v) is 15.5. The van der Waals surface area contributed by atoms with Gasteiger partial charge in [-0.2, -0.15) is 0 Å². The van der Waals surface area contributed by atoms with Gasteiger partial charge in [0.05, 0.1) is 23.3 Å². The van der Waals surface area contributed by atoms with Crippen LogP contribution in [0.3, 0.4) is 0 Å². The van der Waals surface area contributed by atoms with E-state index in [1.54, 1.807) is 31.3 Å². The summed E-state index contributed by atoms with van der Waals surface area (Å²) >= 11 is 1.31. The highest BCUT2D eigenvalue weighted by Gasteiger charge is 2.30. The number of methoxy groups -OCH3 is 1. The fourth-order valence-electron chi connectivity index (χ4n) is 2.40. The Hall–Kier alpha value is -2.86. The predicted molar refractivity (Wildman–Crippen MR) is 104 cm³/mol. The van der Waals surface area contributed by atoms with Crippen LogP contribution >= 0.6 is 11.8 Å². The number of carbonyl (C=O) groups is 2. The molecule has 1 fully saturated rings. The van der Waals surface area contributed by atoms with Gasteiger partial charge >= 0.3 is 5.97 Å². The molecule has 1 amide bonds. The van der Waals surface area contributed by atoms with Crippen molar-refractivity contribution in [3.8, 4) is 0 Å². The number of amidine groups is 1. The molecule has 0 atom stereocenters. The van der Waals surface area contributed by atoms with Crippen LogP contribution in [-0.2, 0) is 9.53 Å². The first-order chi connectivity index (χ1) is 12.5. The van der Waals surface area contributed by atoms with Crippen molar-refractivity contribution in [1.29, 1.82) is 0 Å². The van der Waals surface area contributed by atoms with Crippen molar-refractivity contribution in [2.75, 3.05) is 14.2 Å². The van der Waals surface area contributed by atoms with Crippen LogP contribution in [0.2, 0.25) is 0 Å². The van der Waals surface area contributed by atoms with Gasteiger partial charge in [-0.1, -0.05) is 35.9 Å². The van der Waals surface area contributed by atoms with Crippen molar-refractivity contribution in [3.05, 3.63) is 70.1 Å². The van der Waals surface area contributed by atoms with Crippen molar-refractivity contribution < 1.29 is 14.3 Å². The Balaban J connectivity index is 1.88. The number of ether oxygens (including phenoxy) is 1. The standard InChI is InChI=1S/C20H18N2O3S/c1-13-7-9-14(10-8-13)11-17-18(23)22(2)20(26-17)21-16-6-4-5-15(12-16)19(24)25-3/h4-12H,1-3H3. The fraction of sp³-hybridized carbons (Fsp3) is 0.150. The zero-order valence-electron chi connectivity index (χ0n) is 14.7. The minimum atomic E-state index is -0.421. The largest absolute Gasteiger partial charge is 0.465 e. The van der Waals surface area contributed by atoms with E-state index in [2.05, 4.69) is 4.99 Å². The monoisotopic (exact) mass is 366 g/mol. The first-order valence-corrected chi connectivity index (χ1v) is 8.81. The van der Waals surface area contributed by atoms with Gasteiger partial charge in [-0.05, 0) is 48.5 Å². The maximum Gasteiger partial charge on any atom is 0.337 e. The van der Waals surface area contributed by atoms with E-state index >= 15 is 0 Å². The van der Waals surface area contributed by atoms with E-state index in [-0.39, 0.29) is 5.91 Å². The smallest absolute Gasteiger partial charge is 0.337 e. The van der Waals surface area contributed by atoms with Gasteiger partial charge in [-0.25, -0.2) is 9.79 Å². The lowest BCUT2D eigenvalue weighted by atomic mass is 10.1. The molecule has 0 bridgehead atoms. The van der Waals surface area contributed by atoms with E-state index in [4.69, 9.17) is 4.74 Å². The predicted octanol–water partition coefficient (Wildman–Crippen LogP) is 4.02. The highest BCUT2D eigenvalue weighted by atomic mass is 32.2. The number of likely N-dealkylation sites (N-methyl/N-ethyl adjacent to an activating group) is 1. The minimum Gasteiger partial charge on any atom is -0.465 e. The van der Waals surface area contributed by atoms with Crippen molar-refractivity contribution in [2.24, 2.45) is 4.99 Å². The van der Waals surface area contributed by atoms with Crippen LogP contribution in [0, 0.1) is 6.92 Å². The van der Waals surface area contributed by atoms with Gasteiger partial charge in [0.2, 0.25) is 0 Å². The third kappa shape index (κ3) is 3.86. The van der Waals surface area contributed by atoms with Crippen molar-refractivity contribution >= 4 is 40.6 Å². The van der Waals surface area contributed by atoms with E-state index in [1.807, 2.05) is 37.3 Å². The van der Waals surface area contributed by atoms with Gasteiger partial charge in [0.15, 0.2) is 5.17 Å². The molecule has 2 aromatic rings. The van der Waals surface area contributed by atoms with Crippen LogP contribution in [-0.4, -0.2) is 36.1 Å². The van der Waals surface area contributed by atoms with Gasteiger partial charge in [-0.3, -0.25) is 9.69 Å². The number of nitrogens with zero attached hydrogens (tertiary/aromatic N) is 2. The Morgan fingerprint density at radius 1 is 1.19 bits per heavy atom. The number of carbonyl (C=O) groups excluding carboxylic acids is 2. The quantitative estimate of drug-likeness (QED) is 0.608. The van der Waals surface area contributed by atoms with Crippen LogP contribution in [0.4, 0.5) is 5.69 Å². The highest BCUT2D eigenvalue weighted by molar-refractivity contribution is 8.18. The molecular weight excluding hydrogens is 348 g/mol. The number of hydrogen-bond donors (Lipinski definition) is 0. The maximum absolute atomic E-state index is 12.5. The van der Waals surface area contributed by atoms with E-state index in [0.717, 1.165) is 5.56 Å². The third-order valence-corrected chi connectivity index (χ3v) is 4.93. The summed E-state index contributed by atoms with van der Waals surface area (Å²) in [5, 5.41) is 0.565. The average Bonchev–Trinajstić information content (AvgIpc) is 2.91. The molecule has 2 aromatic carbocycles. The van der Waals surface area contributed by atoms with Crippen LogP contribution in [0.1, 0.15) is 21.5 Å². The molecule has 0 aromatic heterocycles. The van der Waals surface area contributed by atoms with Gasteiger partial charge in [0.1, 0.15) is 0 Å². The number of benzene rings is 2. The molecule has 5 nitrogen and oxygen atoms in total. The topological polar surface area (TPSA) is 59.0 Å². The van der Waals surface area contributed by atoms with Crippen molar-refractivity contribution in [2.45, 2.75) is 6.92 Å². The lowest BCUT2D eigenvalue weighted by molar-refractivity contribution is -0.121. The summed E-state index contributed by atoms with van der Waals surface area (Å²) in [6.45, 7) is 2.02. The molecule has 6 heteroatoms. The number of rotatable bonds is 3. The Labute approximate surface area is 156 Å². The molecular formula is C20H18N2O3S. The molecule has 132 valence electrons. The highest BCUT2D eigenvalue weighted by Crippen LogP contribution is 2.33. The Morgan fingerprint density at radius 2 is 1.92 bits per heavy atom. The first-order valence-electron chi connectivity index (χ1n) is 7.99. The second kappa shape index (κ2) is 7.58. The number of aliphatic imine (C=N–C) groups is 1. The average molecular weight is 366 g/mol. The van der Waals surface area contributed by atoms with Gasteiger partial charge in [0.25, 0.3) is 5.91 Å². The Kier molecular flexibility index (Phi) is 5.23. The van der Waals surface area contributed by atoms with Gasteiger partial charge in [0, 0.05) is 7.05 Å². The summed E-state index contributed by atoms with van der Waals surface area (Å²) in [4.78, 5) is 30.8. The molecule has 0 radical (unpaired) electrons. The molecule has 1 heterocycles. The minimum absolute atomic E-state index is 0.0987. The SMILES string of the molecule is COC(=O)c1cccc(N=C2SC(=Cc3ccc(C)cc3)C(=O)N2C)c1. The summed E-state index contributed by atoms with van der Waals surface area (Å²) in [7, 11) is 3.02. The second-order valence-corrected chi connectivity index (χ2v) is 6.83. The van der Waals surface area contributed by atoms with E-state index < -0.39 is 5.97 Å². The summed E-state index contributed by atoms with van der Waals surface area (Å²) in [6.07, 6.45) is 1.86. The summed E-state index contributed by atoms with van der Waals surface area (Å²) < 4.78 is 4.72. The molecule has 0 aliphatic carbocycles. The van der Waals surface area contributed by atoms with Crippen molar-refractivity contribution in [1.82, 2.24) is 4.90 Å². The molecule has 1 aliphatic heterocycles. The van der Waals surface area contributed by atoms with Crippen molar-refractivity contribution in [3.63, 3.8) is 0 Å².